The van der Waals surface area contributed by atoms with Crippen LogP contribution < -0.4 is 21.3 Å². The minimum Gasteiger partial charge on any atom is -0.394 e. The van der Waals surface area contributed by atoms with E-state index >= 15 is 0 Å². The van der Waals surface area contributed by atoms with Crippen LogP contribution in [0.1, 0.15) is 115 Å². The molecule has 2 aliphatic heterocycles. The Morgan fingerprint density at radius 3 is 1.35 bits per heavy atom. The first kappa shape index (κ1) is 53.6. The second kappa shape index (κ2) is 23.2. The molecule has 0 spiro atoms. The molecule has 2 saturated heterocycles. The van der Waals surface area contributed by atoms with E-state index in [2.05, 4.69) is 21.3 Å². The number of carbonyl (C=O) groups excluding carboxylic acids is 4. The highest BCUT2D eigenvalue weighted by Gasteiger charge is 2.47. The van der Waals surface area contributed by atoms with Crippen LogP contribution >= 0.6 is 0 Å². The van der Waals surface area contributed by atoms with Crippen LogP contribution in [0, 0.1) is 27.6 Å². The largest absolute Gasteiger partial charge is 0.394 e. The lowest BCUT2D eigenvalue weighted by molar-refractivity contribution is -0.276. The van der Waals surface area contributed by atoms with Gasteiger partial charge in [0.2, 0.25) is 23.6 Å². The molecule has 18 heteroatoms. The van der Waals surface area contributed by atoms with Gasteiger partial charge in [-0.15, -0.1) is 0 Å². The number of aliphatic hydroxyl groups is 6. The Kier molecular flexibility index (Phi) is 20.8. The standard InChI is InChI=1S/C42H78N4O14/c1-12-26(15-30(52)44-21-40(6,7)19-42(10,11)23-58-38-32(46-25(3)50)36(56)34(54)28(17-48)60-38)13-14-29(51)43-20-39(4,5)18-41(8,9)22-57-37-31(45-24(2)49)35(55)33(53)27(16-47)59-37/h26-28,31-38,47-48,53-56H,12-23H2,1-11H3,(H,43,51)(H,44,52)(H,45,49)(H,46,50). The number of hydrogen-bond donors (Lipinski definition) is 10. The molecule has 0 bridgehead atoms. The zero-order valence-corrected chi connectivity index (χ0v) is 37.8. The summed E-state index contributed by atoms with van der Waals surface area (Å²) in [5.41, 5.74) is -1.56. The average Bonchev–Trinajstić information content (AvgIpc) is 3.13. The predicted octanol–water partition coefficient (Wildman–Crippen LogP) is 0.221. The SMILES string of the molecule is CCC(CCC(=O)NCC(C)(C)CC(C)(C)COC1OC(CO)C(O)C(O)C1NC(C)=O)CC(=O)NCC(C)(C)CC(C)(C)COC1OC(CO)C(O)C(O)C1NC(C)=O. The van der Waals surface area contributed by atoms with Gasteiger partial charge < -0.3 is 70.9 Å². The normalized spacial score (nSPS) is 28.4. The van der Waals surface area contributed by atoms with Crippen molar-refractivity contribution in [3.8, 4) is 0 Å². The number of rotatable bonds is 24. The van der Waals surface area contributed by atoms with Gasteiger partial charge in [-0.2, -0.15) is 0 Å². The smallest absolute Gasteiger partial charge is 0.220 e. The van der Waals surface area contributed by atoms with Gasteiger partial charge in [-0.1, -0.05) is 68.7 Å². The highest BCUT2D eigenvalue weighted by molar-refractivity contribution is 5.77. The van der Waals surface area contributed by atoms with Gasteiger partial charge in [0.1, 0.15) is 48.7 Å². The van der Waals surface area contributed by atoms with E-state index in [4.69, 9.17) is 18.9 Å². The summed E-state index contributed by atoms with van der Waals surface area (Å²) in [6, 6.07) is -2.07. The Morgan fingerprint density at radius 1 is 0.617 bits per heavy atom. The Bertz CT molecular complexity index is 1380. The fourth-order valence-corrected chi connectivity index (χ4v) is 8.54. The number of aliphatic hydroxyl groups excluding tert-OH is 6. The fourth-order valence-electron chi connectivity index (χ4n) is 8.54. The van der Waals surface area contributed by atoms with Crippen molar-refractivity contribution in [1.82, 2.24) is 21.3 Å². The molecule has 10 N–H and O–H groups in total. The van der Waals surface area contributed by atoms with Crippen molar-refractivity contribution >= 4 is 23.6 Å². The summed E-state index contributed by atoms with van der Waals surface area (Å²) in [7, 11) is 0. The summed E-state index contributed by atoms with van der Waals surface area (Å²) >= 11 is 0. The molecular weight excluding hydrogens is 784 g/mol. The van der Waals surface area contributed by atoms with E-state index in [-0.39, 0.29) is 54.6 Å². The van der Waals surface area contributed by atoms with E-state index < -0.39 is 97.1 Å². The molecule has 0 aromatic rings. The van der Waals surface area contributed by atoms with Gasteiger partial charge in [0.15, 0.2) is 12.6 Å². The molecule has 2 rings (SSSR count). The lowest BCUT2D eigenvalue weighted by Crippen LogP contribution is -2.64. The van der Waals surface area contributed by atoms with Crippen LogP contribution in [0.15, 0.2) is 0 Å². The molecule has 0 saturated carbocycles. The van der Waals surface area contributed by atoms with Crippen LogP contribution in [-0.4, -0.2) is 155 Å². The third-order valence-electron chi connectivity index (χ3n) is 11.1. The maximum absolute atomic E-state index is 13.1. The summed E-state index contributed by atoms with van der Waals surface area (Å²) in [5, 5.41) is 72.2. The average molecular weight is 863 g/mol. The fraction of sp³-hybridized carbons (Fsp3) is 0.905. The van der Waals surface area contributed by atoms with Crippen LogP contribution in [0.3, 0.4) is 0 Å². The summed E-state index contributed by atoms with van der Waals surface area (Å²) in [6.07, 6.45) is -6.93. The van der Waals surface area contributed by atoms with Crippen molar-refractivity contribution < 1.29 is 68.8 Å². The number of ether oxygens (including phenoxy) is 4. The van der Waals surface area contributed by atoms with E-state index in [1.165, 1.54) is 13.8 Å². The first-order chi connectivity index (χ1) is 27.6. The molecule has 11 unspecified atom stereocenters. The second-order valence-electron chi connectivity index (χ2n) is 20.1. The Hall–Kier alpha value is -2.52. The molecule has 2 fully saturated rings. The van der Waals surface area contributed by atoms with Crippen molar-refractivity contribution in [3.63, 3.8) is 0 Å². The minimum atomic E-state index is -1.41. The van der Waals surface area contributed by atoms with Crippen LogP contribution in [0.2, 0.25) is 0 Å². The van der Waals surface area contributed by atoms with E-state index in [1.807, 2.05) is 62.3 Å². The summed E-state index contributed by atoms with van der Waals surface area (Å²) < 4.78 is 23.4. The quantitative estimate of drug-likeness (QED) is 0.0623. The Labute approximate surface area is 356 Å². The minimum absolute atomic E-state index is 0.00449. The predicted molar refractivity (Wildman–Crippen MR) is 221 cm³/mol. The summed E-state index contributed by atoms with van der Waals surface area (Å²) in [5.74, 6) is -1.09. The highest BCUT2D eigenvalue weighted by atomic mass is 16.7. The molecule has 0 aromatic carbocycles. The maximum atomic E-state index is 13.1. The van der Waals surface area contributed by atoms with E-state index in [0.29, 0.717) is 32.4 Å². The molecule has 4 amide bonds. The van der Waals surface area contributed by atoms with Crippen molar-refractivity contribution in [3.05, 3.63) is 0 Å². The van der Waals surface area contributed by atoms with Gasteiger partial charge >= 0.3 is 0 Å². The van der Waals surface area contributed by atoms with Crippen molar-refractivity contribution in [2.75, 3.05) is 39.5 Å². The van der Waals surface area contributed by atoms with Crippen LogP contribution in [0.5, 0.6) is 0 Å². The van der Waals surface area contributed by atoms with Crippen LogP contribution in [0.25, 0.3) is 0 Å². The van der Waals surface area contributed by atoms with Crippen molar-refractivity contribution in [1.29, 1.82) is 0 Å². The summed E-state index contributed by atoms with van der Waals surface area (Å²) in [4.78, 5) is 49.6. The van der Waals surface area contributed by atoms with E-state index in [0.717, 1.165) is 6.42 Å². The molecule has 350 valence electrons. The van der Waals surface area contributed by atoms with Crippen molar-refractivity contribution in [2.24, 2.45) is 27.6 Å². The van der Waals surface area contributed by atoms with Gasteiger partial charge in [0.25, 0.3) is 0 Å². The Balaban J connectivity index is 1.82. The lowest BCUT2D eigenvalue weighted by atomic mass is 9.75. The van der Waals surface area contributed by atoms with Crippen LogP contribution in [-0.2, 0) is 38.1 Å². The molecule has 11 atom stereocenters. The molecule has 0 radical (unpaired) electrons. The highest BCUT2D eigenvalue weighted by Crippen LogP contribution is 2.36. The third-order valence-corrected chi connectivity index (χ3v) is 11.1. The number of hydrogen-bond acceptors (Lipinski definition) is 14. The van der Waals surface area contributed by atoms with Gasteiger partial charge in [-0.3, -0.25) is 19.2 Å². The number of carbonyl (C=O) groups is 4. The zero-order valence-electron chi connectivity index (χ0n) is 37.8. The molecule has 0 aromatic heterocycles. The molecular formula is C42H78N4O14. The van der Waals surface area contributed by atoms with Gasteiger partial charge in [0, 0.05) is 39.8 Å². The molecule has 60 heavy (non-hydrogen) atoms. The molecule has 2 heterocycles. The van der Waals surface area contributed by atoms with Crippen molar-refractivity contribution in [2.45, 2.75) is 176 Å². The van der Waals surface area contributed by atoms with Gasteiger partial charge in [-0.05, 0) is 46.8 Å². The molecule has 2 aliphatic rings. The first-order valence-electron chi connectivity index (χ1n) is 21.2. The van der Waals surface area contributed by atoms with E-state index in [9.17, 15) is 49.8 Å². The topological polar surface area (TPSA) is 275 Å². The van der Waals surface area contributed by atoms with Gasteiger partial charge in [0.05, 0.1) is 26.4 Å². The third kappa shape index (κ3) is 17.7. The van der Waals surface area contributed by atoms with Crippen LogP contribution in [0.4, 0.5) is 0 Å². The number of nitrogens with one attached hydrogen (secondary N) is 4. The molecule has 18 nitrogen and oxygen atoms in total. The van der Waals surface area contributed by atoms with Gasteiger partial charge in [-0.25, -0.2) is 0 Å². The lowest BCUT2D eigenvalue weighted by Gasteiger charge is -2.43. The van der Waals surface area contributed by atoms with E-state index in [1.54, 1.807) is 0 Å². The first-order valence-corrected chi connectivity index (χ1v) is 21.2. The monoisotopic (exact) mass is 863 g/mol. The molecule has 0 aliphatic carbocycles. The second-order valence-corrected chi connectivity index (χ2v) is 20.1. The zero-order chi connectivity index (χ0) is 45.8. The maximum Gasteiger partial charge on any atom is 0.220 e. The summed E-state index contributed by atoms with van der Waals surface area (Å²) in [6.45, 7) is 20.7. The Morgan fingerprint density at radius 2 is 1.00 bits per heavy atom. The number of amides is 4.